The lowest BCUT2D eigenvalue weighted by atomic mass is 9.68. The highest BCUT2D eigenvalue weighted by Gasteiger charge is 2.52. The van der Waals surface area contributed by atoms with Crippen molar-refractivity contribution in [2.24, 2.45) is 23.2 Å². The number of hydrogen-bond acceptors (Lipinski definition) is 3. The van der Waals surface area contributed by atoms with Gasteiger partial charge in [-0.1, -0.05) is 6.42 Å². The second-order valence-electron chi connectivity index (χ2n) is 6.72. The van der Waals surface area contributed by atoms with Crippen molar-refractivity contribution < 1.29 is 19.4 Å². The number of rotatable bonds is 5. The van der Waals surface area contributed by atoms with Gasteiger partial charge in [0.05, 0.1) is 17.9 Å². The number of aliphatic carboxylic acids is 1. The van der Waals surface area contributed by atoms with Crippen LogP contribution in [0.4, 0.5) is 0 Å². The van der Waals surface area contributed by atoms with Gasteiger partial charge in [-0.05, 0) is 37.5 Å². The number of methoxy groups -OCH3 is 1. The number of carbonyl (C=O) groups excluding carboxylic acids is 1. The molecule has 3 rings (SSSR count). The largest absolute Gasteiger partial charge is 0.481 e. The minimum absolute atomic E-state index is 0.125. The van der Waals surface area contributed by atoms with E-state index in [0.717, 1.165) is 32.1 Å². The number of amides is 1. The number of nitrogens with zero attached hydrogens (tertiary/aromatic N) is 1. The molecule has 1 amide bonds. The third kappa shape index (κ3) is 2.22. The predicted molar refractivity (Wildman–Crippen MR) is 72.1 cm³/mol. The highest BCUT2D eigenvalue weighted by atomic mass is 16.5. The molecule has 0 spiro atoms. The first kappa shape index (κ1) is 13.9. The molecule has 0 aromatic rings. The summed E-state index contributed by atoms with van der Waals surface area (Å²) in [7, 11) is 1.63. The first-order chi connectivity index (χ1) is 9.57. The Morgan fingerprint density at radius 1 is 1.30 bits per heavy atom. The van der Waals surface area contributed by atoms with Gasteiger partial charge in [0.1, 0.15) is 0 Å². The molecule has 20 heavy (non-hydrogen) atoms. The molecule has 1 aliphatic heterocycles. The van der Waals surface area contributed by atoms with Crippen molar-refractivity contribution in [2.45, 2.75) is 32.1 Å². The first-order valence-electron chi connectivity index (χ1n) is 7.58. The molecule has 5 heteroatoms. The molecule has 1 heterocycles. The molecule has 5 nitrogen and oxygen atoms in total. The Morgan fingerprint density at radius 2 is 2.00 bits per heavy atom. The molecule has 0 aromatic carbocycles. The molecule has 0 aromatic heterocycles. The van der Waals surface area contributed by atoms with Gasteiger partial charge in [0.15, 0.2) is 0 Å². The quantitative estimate of drug-likeness (QED) is 0.826. The van der Waals surface area contributed by atoms with Crippen molar-refractivity contribution in [3.8, 4) is 0 Å². The predicted octanol–water partition coefficient (Wildman–Crippen LogP) is 1.37. The molecular formula is C15H23NO4. The van der Waals surface area contributed by atoms with E-state index in [-0.39, 0.29) is 23.2 Å². The van der Waals surface area contributed by atoms with Gasteiger partial charge in [-0.3, -0.25) is 9.59 Å². The zero-order valence-electron chi connectivity index (χ0n) is 12.0. The fourth-order valence-electron chi connectivity index (χ4n) is 3.89. The smallest absolute Gasteiger partial charge is 0.308 e. The lowest BCUT2D eigenvalue weighted by Crippen LogP contribution is -2.50. The highest BCUT2D eigenvalue weighted by Crippen LogP contribution is 2.47. The van der Waals surface area contributed by atoms with Crippen LogP contribution in [0.2, 0.25) is 0 Å². The van der Waals surface area contributed by atoms with Crippen LogP contribution < -0.4 is 0 Å². The van der Waals surface area contributed by atoms with E-state index in [9.17, 15) is 14.7 Å². The summed E-state index contributed by atoms with van der Waals surface area (Å²) < 4.78 is 5.23. The number of ether oxygens (including phenoxy) is 1. The van der Waals surface area contributed by atoms with Crippen LogP contribution in [-0.4, -0.2) is 48.7 Å². The summed E-state index contributed by atoms with van der Waals surface area (Å²) in [5.74, 6) is -0.303. The van der Waals surface area contributed by atoms with Crippen molar-refractivity contribution >= 4 is 11.9 Å². The minimum atomic E-state index is -0.744. The average molecular weight is 281 g/mol. The van der Waals surface area contributed by atoms with Crippen LogP contribution in [0.25, 0.3) is 0 Å². The summed E-state index contributed by atoms with van der Waals surface area (Å²) >= 11 is 0. The van der Waals surface area contributed by atoms with E-state index in [1.807, 2.05) is 0 Å². The Kier molecular flexibility index (Phi) is 3.48. The number of hydrogen-bond donors (Lipinski definition) is 1. The van der Waals surface area contributed by atoms with Gasteiger partial charge in [-0.2, -0.15) is 0 Å². The Bertz CT molecular complexity index is 414. The maximum atomic E-state index is 12.7. The number of carboxylic acids is 1. The van der Waals surface area contributed by atoms with Gasteiger partial charge in [-0.25, -0.2) is 0 Å². The third-order valence-electron chi connectivity index (χ3n) is 5.38. The van der Waals surface area contributed by atoms with E-state index in [4.69, 9.17) is 4.74 Å². The lowest BCUT2D eigenvalue weighted by Gasteiger charge is -2.42. The molecule has 0 bridgehead atoms. The SMILES string of the molecule is COCC1(C(=O)N2C[C@H](C(=O)O)[C@@H](C3CC3)C2)CCC1. The summed E-state index contributed by atoms with van der Waals surface area (Å²) in [5, 5.41) is 9.37. The molecule has 1 saturated heterocycles. The average Bonchev–Trinajstić information content (AvgIpc) is 3.11. The number of likely N-dealkylation sites (tertiary alicyclic amines) is 1. The number of carbonyl (C=O) groups is 2. The normalized spacial score (nSPS) is 31.9. The molecule has 3 aliphatic rings. The lowest BCUT2D eigenvalue weighted by molar-refractivity contribution is -0.151. The van der Waals surface area contributed by atoms with Gasteiger partial charge in [0, 0.05) is 20.2 Å². The Morgan fingerprint density at radius 3 is 2.45 bits per heavy atom. The maximum Gasteiger partial charge on any atom is 0.308 e. The molecule has 2 saturated carbocycles. The second kappa shape index (κ2) is 5.02. The summed E-state index contributed by atoms with van der Waals surface area (Å²) in [6, 6.07) is 0. The zero-order chi connectivity index (χ0) is 14.3. The Labute approximate surface area is 119 Å². The number of carboxylic acid groups (broad SMARTS) is 1. The zero-order valence-corrected chi connectivity index (χ0v) is 12.0. The van der Waals surface area contributed by atoms with Gasteiger partial charge in [0.25, 0.3) is 0 Å². The van der Waals surface area contributed by atoms with Gasteiger partial charge in [0.2, 0.25) is 5.91 Å². The Balaban J connectivity index is 1.71. The fourth-order valence-corrected chi connectivity index (χ4v) is 3.89. The molecule has 1 N–H and O–H groups in total. The van der Waals surface area contributed by atoms with Crippen LogP contribution in [-0.2, 0) is 14.3 Å². The van der Waals surface area contributed by atoms with Crippen LogP contribution >= 0.6 is 0 Å². The summed E-state index contributed by atoms with van der Waals surface area (Å²) in [5.41, 5.74) is -0.365. The second-order valence-corrected chi connectivity index (χ2v) is 6.72. The van der Waals surface area contributed by atoms with Crippen molar-refractivity contribution in [1.82, 2.24) is 4.90 Å². The van der Waals surface area contributed by atoms with E-state index >= 15 is 0 Å². The van der Waals surface area contributed by atoms with Crippen LogP contribution in [0.15, 0.2) is 0 Å². The molecule has 112 valence electrons. The van der Waals surface area contributed by atoms with Crippen LogP contribution in [0.1, 0.15) is 32.1 Å². The van der Waals surface area contributed by atoms with Crippen molar-refractivity contribution in [3.05, 3.63) is 0 Å². The fraction of sp³-hybridized carbons (Fsp3) is 0.867. The van der Waals surface area contributed by atoms with Crippen LogP contribution in [0, 0.1) is 23.2 Å². The van der Waals surface area contributed by atoms with Crippen molar-refractivity contribution in [2.75, 3.05) is 26.8 Å². The van der Waals surface area contributed by atoms with Crippen LogP contribution in [0.3, 0.4) is 0 Å². The van der Waals surface area contributed by atoms with E-state index in [1.54, 1.807) is 12.0 Å². The standard InChI is InChI=1S/C15H23NO4/c1-20-9-15(5-2-6-15)14(19)16-7-11(10-3-4-10)12(8-16)13(17)18/h10-12H,2-9H2,1H3,(H,17,18)/t11-,12+/m1/s1. The molecule has 2 atom stereocenters. The van der Waals surface area contributed by atoms with E-state index in [0.29, 0.717) is 25.6 Å². The van der Waals surface area contributed by atoms with E-state index in [1.165, 1.54) is 0 Å². The Hall–Kier alpha value is -1.10. The van der Waals surface area contributed by atoms with Crippen molar-refractivity contribution in [3.63, 3.8) is 0 Å². The summed E-state index contributed by atoms with van der Waals surface area (Å²) in [4.78, 5) is 26.0. The minimum Gasteiger partial charge on any atom is -0.481 e. The molecule has 3 fully saturated rings. The van der Waals surface area contributed by atoms with Crippen LogP contribution in [0.5, 0.6) is 0 Å². The molecular weight excluding hydrogens is 258 g/mol. The van der Waals surface area contributed by atoms with Gasteiger partial charge in [-0.15, -0.1) is 0 Å². The summed E-state index contributed by atoms with van der Waals surface area (Å²) in [6.07, 6.45) is 5.07. The van der Waals surface area contributed by atoms with Crippen molar-refractivity contribution in [1.29, 1.82) is 0 Å². The molecule has 2 aliphatic carbocycles. The maximum absolute atomic E-state index is 12.7. The monoisotopic (exact) mass is 281 g/mol. The van der Waals surface area contributed by atoms with E-state index < -0.39 is 5.97 Å². The topological polar surface area (TPSA) is 66.8 Å². The molecule has 0 radical (unpaired) electrons. The molecule has 0 unspecified atom stereocenters. The highest BCUT2D eigenvalue weighted by molar-refractivity contribution is 5.85. The third-order valence-corrected chi connectivity index (χ3v) is 5.38. The first-order valence-corrected chi connectivity index (χ1v) is 7.58. The van der Waals surface area contributed by atoms with Gasteiger partial charge >= 0.3 is 5.97 Å². The van der Waals surface area contributed by atoms with E-state index in [2.05, 4.69) is 0 Å². The van der Waals surface area contributed by atoms with Gasteiger partial charge < -0.3 is 14.7 Å². The summed E-state index contributed by atoms with van der Waals surface area (Å²) in [6.45, 7) is 1.49.